The molecule has 0 aliphatic rings. The van der Waals surface area contributed by atoms with Crippen LogP contribution >= 0.6 is 0 Å². The van der Waals surface area contributed by atoms with Crippen molar-refractivity contribution in [3.05, 3.63) is 23.1 Å². The Labute approximate surface area is 101 Å². The molecule has 0 spiro atoms. The van der Waals surface area contributed by atoms with Gasteiger partial charge in [0.2, 0.25) is 5.95 Å². The van der Waals surface area contributed by atoms with Crippen LogP contribution in [0.3, 0.4) is 0 Å². The van der Waals surface area contributed by atoms with Crippen LogP contribution in [0.15, 0.2) is 6.07 Å². The number of aryl methyl sites for hydroxylation is 3. The van der Waals surface area contributed by atoms with Crippen molar-refractivity contribution in [2.45, 2.75) is 20.8 Å². The summed E-state index contributed by atoms with van der Waals surface area (Å²) in [5.41, 5.74) is 4.94. The first-order valence-electron chi connectivity index (χ1n) is 5.54. The highest BCUT2D eigenvalue weighted by atomic mass is 15.2. The Morgan fingerprint density at radius 3 is 2.35 bits per heavy atom. The molecule has 2 aromatic rings. The van der Waals surface area contributed by atoms with Crippen LogP contribution in [0.25, 0.3) is 11.3 Å². The lowest BCUT2D eigenvalue weighted by molar-refractivity contribution is 0.979. The van der Waals surface area contributed by atoms with Gasteiger partial charge in [0.25, 0.3) is 0 Å². The Morgan fingerprint density at radius 2 is 1.82 bits per heavy atom. The highest BCUT2D eigenvalue weighted by molar-refractivity contribution is 5.65. The van der Waals surface area contributed by atoms with Gasteiger partial charge in [0.15, 0.2) is 0 Å². The third-order valence-corrected chi connectivity index (χ3v) is 2.63. The highest BCUT2D eigenvalue weighted by Gasteiger charge is 2.13. The summed E-state index contributed by atoms with van der Waals surface area (Å²) in [6.45, 7) is 5.96. The Hall–Kier alpha value is -1.91. The van der Waals surface area contributed by atoms with Crippen molar-refractivity contribution in [2.24, 2.45) is 0 Å². The molecule has 0 atom stereocenters. The van der Waals surface area contributed by atoms with Gasteiger partial charge >= 0.3 is 0 Å². The lowest BCUT2D eigenvalue weighted by Gasteiger charge is -2.12. The summed E-state index contributed by atoms with van der Waals surface area (Å²) in [5, 5.41) is 7.18. The van der Waals surface area contributed by atoms with E-state index in [-0.39, 0.29) is 0 Å². The van der Waals surface area contributed by atoms with E-state index in [0.717, 1.165) is 34.3 Å². The van der Waals surface area contributed by atoms with E-state index in [0.29, 0.717) is 0 Å². The molecule has 5 heteroatoms. The fourth-order valence-corrected chi connectivity index (χ4v) is 1.81. The molecule has 0 aliphatic heterocycles. The van der Waals surface area contributed by atoms with Crippen molar-refractivity contribution < 1.29 is 0 Å². The first-order valence-corrected chi connectivity index (χ1v) is 5.54. The van der Waals surface area contributed by atoms with Crippen molar-refractivity contribution in [1.29, 1.82) is 0 Å². The molecule has 90 valence electrons. The lowest BCUT2D eigenvalue weighted by atomic mass is 10.1. The highest BCUT2D eigenvalue weighted by Crippen LogP contribution is 2.25. The number of H-pyrrole nitrogens is 1. The quantitative estimate of drug-likeness (QED) is 0.857. The van der Waals surface area contributed by atoms with E-state index in [2.05, 4.69) is 20.2 Å². The van der Waals surface area contributed by atoms with Crippen molar-refractivity contribution in [3.8, 4) is 11.3 Å². The molecule has 17 heavy (non-hydrogen) atoms. The van der Waals surface area contributed by atoms with E-state index in [1.807, 2.05) is 45.8 Å². The van der Waals surface area contributed by atoms with Gasteiger partial charge in [0.05, 0.1) is 11.4 Å². The van der Waals surface area contributed by atoms with Crippen LogP contribution in [0.2, 0.25) is 0 Å². The predicted molar refractivity (Wildman–Crippen MR) is 68.2 cm³/mol. The van der Waals surface area contributed by atoms with Gasteiger partial charge in [0, 0.05) is 31.0 Å². The first-order chi connectivity index (χ1) is 7.99. The number of rotatable bonds is 2. The van der Waals surface area contributed by atoms with Crippen molar-refractivity contribution in [1.82, 2.24) is 20.2 Å². The minimum absolute atomic E-state index is 0.722. The summed E-state index contributed by atoms with van der Waals surface area (Å²) < 4.78 is 0. The molecule has 0 aliphatic carbocycles. The van der Waals surface area contributed by atoms with Gasteiger partial charge in [-0.25, -0.2) is 9.97 Å². The van der Waals surface area contributed by atoms with E-state index in [1.165, 1.54) is 0 Å². The van der Waals surface area contributed by atoms with Crippen LogP contribution in [-0.4, -0.2) is 34.3 Å². The Bertz CT molecular complexity index is 522. The molecule has 0 radical (unpaired) electrons. The standard InChI is InChI=1S/C12H17N5/c1-7-6-10(14-12(13-7)17(4)5)11-8(2)15-16-9(11)3/h6H,1-5H3,(H,15,16). The smallest absolute Gasteiger partial charge is 0.225 e. The van der Waals surface area contributed by atoms with E-state index in [4.69, 9.17) is 0 Å². The van der Waals surface area contributed by atoms with Gasteiger partial charge in [-0.3, -0.25) is 5.10 Å². The summed E-state index contributed by atoms with van der Waals surface area (Å²) in [5.74, 6) is 0.722. The summed E-state index contributed by atoms with van der Waals surface area (Å²) in [6.07, 6.45) is 0. The van der Waals surface area contributed by atoms with Crippen molar-refractivity contribution in [2.75, 3.05) is 19.0 Å². The third-order valence-electron chi connectivity index (χ3n) is 2.63. The summed E-state index contributed by atoms with van der Waals surface area (Å²) >= 11 is 0. The molecule has 1 N–H and O–H groups in total. The third kappa shape index (κ3) is 2.13. The second kappa shape index (κ2) is 4.16. The summed E-state index contributed by atoms with van der Waals surface area (Å²) in [6, 6.07) is 1.98. The van der Waals surface area contributed by atoms with Crippen molar-refractivity contribution in [3.63, 3.8) is 0 Å². The Kier molecular flexibility index (Phi) is 2.83. The number of nitrogens with one attached hydrogen (secondary N) is 1. The molecular weight excluding hydrogens is 214 g/mol. The molecule has 2 heterocycles. The minimum atomic E-state index is 0.722. The maximum absolute atomic E-state index is 4.55. The zero-order valence-corrected chi connectivity index (χ0v) is 10.9. The molecule has 2 rings (SSSR count). The largest absolute Gasteiger partial charge is 0.347 e. The normalized spacial score (nSPS) is 10.6. The molecular formula is C12H17N5. The predicted octanol–water partition coefficient (Wildman–Crippen LogP) is 1.86. The topological polar surface area (TPSA) is 57.7 Å². The summed E-state index contributed by atoms with van der Waals surface area (Å²) in [4.78, 5) is 10.8. The van der Waals surface area contributed by atoms with Crippen molar-refractivity contribution >= 4 is 5.95 Å². The Balaban J connectivity index is 2.60. The molecule has 5 nitrogen and oxygen atoms in total. The molecule has 0 bridgehead atoms. The second-order valence-corrected chi connectivity index (χ2v) is 4.40. The number of anilines is 1. The van der Waals surface area contributed by atoms with Gasteiger partial charge < -0.3 is 4.90 Å². The van der Waals surface area contributed by atoms with Crippen LogP contribution in [0.1, 0.15) is 17.1 Å². The number of hydrogen-bond donors (Lipinski definition) is 1. The Morgan fingerprint density at radius 1 is 1.12 bits per heavy atom. The number of hydrogen-bond acceptors (Lipinski definition) is 4. The van der Waals surface area contributed by atoms with Gasteiger partial charge in [-0.2, -0.15) is 5.10 Å². The zero-order valence-electron chi connectivity index (χ0n) is 10.9. The van der Waals surface area contributed by atoms with Gasteiger partial charge in [0.1, 0.15) is 0 Å². The van der Waals surface area contributed by atoms with Crippen LogP contribution in [0, 0.1) is 20.8 Å². The SMILES string of the molecule is Cc1cc(-c2c(C)n[nH]c2C)nc(N(C)C)n1. The van der Waals surface area contributed by atoms with Gasteiger partial charge in [-0.15, -0.1) is 0 Å². The van der Waals surface area contributed by atoms with E-state index >= 15 is 0 Å². The van der Waals surface area contributed by atoms with Crippen LogP contribution in [0.5, 0.6) is 0 Å². The maximum Gasteiger partial charge on any atom is 0.225 e. The molecule has 0 saturated heterocycles. The van der Waals surface area contributed by atoms with Gasteiger partial charge in [-0.05, 0) is 26.8 Å². The maximum atomic E-state index is 4.55. The van der Waals surface area contributed by atoms with Crippen LogP contribution in [-0.2, 0) is 0 Å². The first kappa shape index (κ1) is 11.6. The average molecular weight is 231 g/mol. The fraction of sp³-hybridized carbons (Fsp3) is 0.417. The zero-order chi connectivity index (χ0) is 12.6. The minimum Gasteiger partial charge on any atom is -0.347 e. The van der Waals surface area contributed by atoms with E-state index < -0.39 is 0 Å². The molecule has 0 fully saturated rings. The molecule has 0 aromatic carbocycles. The molecule has 0 saturated carbocycles. The molecule has 0 unspecified atom stereocenters. The van der Waals surface area contributed by atoms with E-state index in [1.54, 1.807) is 0 Å². The van der Waals surface area contributed by atoms with E-state index in [9.17, 15) is 0 Å². The molecule has 0 amide bonds. The fourth-order valence-electron chi connectivity index (χ4n) is 1.81. The van der Waals surface area contributed by atoms with Crippen LogP contribution < -0.4 is 4.90 Å². The lowest BCUT2D eigenvalue weighted by Crippen LogP contribution is -2.13. The number of nitrogens with zero attached hydrogens (tertiary/aromatic N) is 4. The monoisotopic (exact) mass is 231 g/mol. The average Bonchev–Trinajstić information content (AvgIpc) is 2.57. The summed E-state index contributed by atoms with van der Waals surface area (Å²) in [7, 11) is 3.88. The number of aromatic amines is 1. The number of aromatic nitrogens is 4. The molecule has 2 aromatic heterocycles. The second-order valence-electron chi connectivity index (χ2n) is 4.40. The van der Waals surface area contributed by atoms with Gasteiger partial charge in [-0.1, -0.05) is 0 Å². The van der Waals surface area contributed by atoms with Crippen LogP contribution in [0.4, 0.5) is 5.95 Å².